The van der Waals surface area contributed by atoms with Gasteiger partial charge in [0.05, 0.1) is 6.61 Å². The monoisotopic (exact) mass is 296 g/mol. The highest BCUT2D eigenvalue weighted by atomic mass is 35.5. The van der Waals surface area contributed by atoms with Crippen molar-refractivity contribution in [3.8, 4) is 0 Å². The van der Waals surface area contributed by atoms with Crippen LogP contribution in [0.2, 0.25) is 5.15 Å². The predicted molar refractivity (Wildman–Crippen MR) is 79.5 cm³/mol. The Kier molecular flexibility index (Phi) is 4.38. The smallest absolute Gasteiger partial charge is 0.135 e. The second kappa shape index (κ2) is 6.24. The van der Waals surface area contributed by atoms with E-state index in [-0.39, 0.29) is 0 Å². The summed E-state index contributed by atoms with van der Waals surface area (Å²) in [5, 5.41) is 0.568. The van der Waals surface area contributed by atoms with E-state index in [0.29, 0.717) is 11.1 Å². The number of hydrogen-bond acceptors (Lipinski definition) is 5. The molecule has 1 aliphatic carbocycles. The molecule has 0 aromatic carbocycles. The summed E-state index contributed by atoms with van der Waals surface area (Å²) < 4.78 is 5.13. The first-order valence-corrected chi connectivity index (χ1v) is 7.65. The van der Waals surface area contributed by atoms with Gasteiger partial charge in [0.25, 0.3) is 0 Å². The fraction of sp³-hybridized carbons (Fsp3) is 0.714. The van der Waals surface area contributed by atoms with Gasteiger partial charge in [-0.15, -0.1) is 0 Å². The van der Waals surface area contributed by atoms with E-state index in [2.05, 4.69) is 14.8 Å². The lowest BCUT2D eigenvalue weighted by Gasteiger charge is -2.35. The van der Waals surface area contributed by atoms with Crippen LogP contribution in [0.25, 0.3) is 0 Å². The van der Waals surface area contributed by atoms with Gasteiger partial charge in [-0.1, -0.05) is 11.6 Å². The number of anilines is 1. The number of halogens is 1. The SMILES string of the molecule is COCCN1CCN(c2cc(Cl)nc(C3CC3)n2)CC1. The maximum absolute atomic E-state index is 6.13. The van der Waals surface area contributed by atoms with Crippen molar-refractivity contribution < 1.29 is 4.74 Å². The van der Waals surface area contributed by atoms with Crippen LogP contribution in [0.3, 0.4) is 0 Å². The zero-order chi connectivity index (χ0) is 13.9. The average Bonchev–Trinajstić information content (AvgIpc) is 3.29. The summed E-state index contributed by atoms with van der Waals surface area (Å²) in [6.07, 6.45) is 2.40. The summed E-state index contributed by atoms with van der Waals surface area (Å²) in [6.45, 7) is 5.86. The molecule has 3 rings (SSSR count). The standard InChI is InChI=1S/C14H21ClN4O/c1-20-9-8-18-4-6-19(7-5-18)13-10-12(15)16-14(17-13)11-2-3-11/h10-11H,2-9H2,1H3. The summed E-state index contributed by atoms with van der Waals surface area (Å²) in [4.78, 5) is 13.8. The minimum absolute atomic E-state index is 0.537. The molecule has 1 aromatic heterocycles. The van der Waals surface area contributed by atoms with Gasteiger partial charge in [-0.05, 0) is 12.8 Å². The third-order valence-electron chi connectivity index (χ3n) is 3.95. The van der Waals surface area contributed by atoms with Crippen LogP contribution in [0.1, 0.15) is 24.6 Å². The molecular weight excluding hydrogens is 276 g/mol. The van der Waals surface area contributed by atoms with E-state index in [4.69, 9.17) is 21.3 Å². The van der Waals surface area contributed by atoms with Crippen molar-refractivity contribution in [1.29, 1.82) is 0 Å². The Morgan fingerprint density at radius 3 is 2.65 bits per heavy atom. The lowest BCUT2D eigenvalue weighted by Crippen LogP contribution is -2.47. The van der Waals surface area contributed by atoms with E-state index < -0.39 is 0 Å². The Balaban J connectivity index is 1.62. The molecule has 20 heavy (non-hydrogen) atoms. The van der Waals surface area contributed by atoms with Gasteiger partial charge in [-0.25, -0.2) is 9.97 Å². The quantitative estimate of drug-likeness (QED) is 0.775. The summed E-state index contributed by atoms with van der Waals surface area (Å²) in [7, 11) is 1.75. The largest absolute Gasteiger partial charge is 0.383 e. The van der Waals surface area contributed by atoms with Crippen molar-refractivity contribution in [3.63, 3.8) is 0 Å². The summed E-state index contributed by atoms with van der Waals surface area (Å²) >= 11 is 6.13. The topological polar surface area (TPSA) is 41.5 Å². The molecule has 2 fully saturated rings. The number of piperazine rings is 1. The van der Waals surface area contributed by atoms with E-state index in [1.54, 1.807) is 7.11 Å². The molecule has 1 aromatic rings. The van der Waals surface area contributed by atoms with Gasteiger partial charge >= 0.3 is 0 Å². The van der Waals surface area contributed by atoms with Gasteiger partial charge in [0, 0.05) is 51.8 Å². The Labute approximate surface area is 124 Å². The molecule has 5 nitrogen and oxygen atoms in total. The minimum atomic E-state index is 0.537. The van der Waals surface area contributed by atoms with E-state index >= 15 is 0 Å². The fourth-order valence-corrected chi connectivity index (χ4v) is 2.71. The first-order chi connectivity index (χ1) is 9.76. The highest BCUT2D eigenvalue weighted by Crippen LogP contribution is 2.39. The van der Waals surface area contributed by atoms with Crippen LogP contribution in [0.5, 0.6) is 0 Å². The minimum Gasteiger partial charge on any atom is -0.383 e. The van der Waals surface area contributed by atoms with Crippen LogP contribution >= 0.6 is 11.6 Å². The van der Waals surface area contributed by atoms with Gasteiger partial charge < -0.3 is 9.64 Å². The average molecular weight is 297 g/mol. The second-order valence-electron chi connectivity index (χ2n) is 5.50. The third-order valence-corrected chi connectivity index (χ3v) is 4.14. The highest BCUT2D eigenvalue weighted by Gasteiger charge is 2.28. The van der Waals surface area contributed by atoms with Gasteiger partial charge in [0.1, 0.15) is 16.8 Å². The first kappa shape index (κ1) is 14.0. The van der Waals surface area contributed by atoms with Crippen LogP contribution in [-0.4, -0.2) is 61.3 Å². The Bertz CT molecular complexity index is 458. The van der Waals surface area contributed by atoms with Crippen molar-refractivity contribution >= 4 is 17.4 Å². The highest BCUT2D eigenvalue weighted by molar-refractivity contribution is 6.29. The summed E-state index contributed by atoms with van der Waals surface area (Å²) in [5.41, 5.74) is 0. The van der Waals surface area contributed by atoms with Crippen molar-refractivity contribution in [2.75, 3.05) is 51.3 Å². The molecule has 0 atom stereocenters. The number of rotatable bonds is 5. The molecule has 2 aliphatic rings. The summed E-state index contributed by atoms with van der Waals surface area (Å²) in [5.74, 6) is 2.45. The number of hydrogen-bond donors (Lipinski definition) is 0. The molecule has 0 amide bonds. The maximum atomic E-state index is 6.13. The first-order valence-electron chi connectivity index (χ1n) is 7.27. The lowest BCUT2D eigenvalue weighted by atomic mass is 10.3. The molecule has 0 radical (unpaired) electrons. The molecule has 1 saturated carbocycles. The molecule has 0 unspecified atom stereocenters. The van der Waals surface area contributed by atoms with Gasteiger partial charge in [0.15, 0.2) is 0 Å². The van der Waals surface area contributed by atoms with Gasteiger partial charge in [-0.3, -0.25) is 4.90 Å². The lowest BCUT2D eigenvalue weighted by molar-refractivity contribution is 0.144. The van der Waals surface area contributed by atoms with Crippen LogP contribution in [0.4, 0.5) is 5.82 Å². The van der Waals surface area contributed by atoms with Crippen LogP contribution < -0.4 is 4.90 Å². The van der Waals surface area contributed by atoms with Gasteiger partial charge in [-0.2, -0.15) is 0 Å². The zero-order valence-corrected chi connectivity index (χ0v) is 12.6. The molecule has 110 valence electrons. The van der Waals surface area contributed by atoms with Crippen LogP contribution in [0.15, 0.2) is 6.07 Å². The number of ether oxygens (including phenoxy) is 1. The van der Waals surface area contributed by atoms with Crippen LogP contribution in [0, 0.1) is 0 Å². The molecule has 1 saturated heterocycles. The summed E-state index contributed by atoms with van der Waals surface area (Å²) in [6, 6.07) is 1.89. The Morgan fingerprint density at radius 2 is 2.00 bits per heavy atom. The predicted octanol–water partition coefficient (Wildman–Crippen LogP) is 1.78. The molecule has 2 heterocycles. The van der Waals surface area contributed by atoms with Crippen molar-refractivity contribution in [1.82, 2.24) is 14.9 Å². The molecule has 0 bridgehead atoms. The van der Waals surface area contributed by atoms with Crippen molar-refractivity contribution in [2.24, 2.45) is 0 Å². The van der Waals surface area contributed by atoms with E-state index in [0.717, 1.165) is 51.0 Å². The zero-order valence-electron chi connectivity index (χ0n) is 11.9. The van der Waals surface area contributed by atoms with Gasteiger partial charge in [0.2, 0.25) is 0 Å². The molecule has 1 aliphatic heterocycles. The normalized spacial score (nSPS) is 20.4. The Morgan fingerprint density at radius 1 is 1.25 bits per heavy atom. The third kappa shape index (κ3) is 3.40. The number of methoxy groups -OCH3 is 1. The molecule has 6 heteroatoms. The number of aromatic nitrogens is 2. The Hall–Kier alpha value is -0.910. The second-order valence-corrected chi connectivity index (χ2v) is 5.89. The van der Waals surface area contributed by atoms with E-state index in [1.807, 2.05) is 6.07 Å². The van der Waals surface area contributed by atoms with Crippen molar-refractivity contribution in [3.05, 3.63) is 17.0 Å². The fourth-order valence-electron chi connectivity index (χ4n) is 2.53. The number of nitrogens with zero attached hydrogens (tertiary/aromatic N) is 4. The maximum Gasteiger partial charge on any atom is 0.135 e. The molecule has 0 N–H and O–H groups in total. The molecular formula is C14H21ClN4O. The van der Waals surface area contributed by atoms with Crippen LogP contribution in [-0.2, 0) is 4.74 Å². The van der Waals surface area contributed by atoms with E-state index in [1.165, 1.54) is 12.8 Å². The molecule has 0 spiro atoms. The van der Waals surface area contributed by atoms with E-state index in [9.17, 15) is 0 Å². The van der Waals surface area contributed by atoms with Crippen molar-refractivity contribution in [2.45, 2.75) is 18.8 Å².